The van der Waals surface area contributed by atoms with Crippen LogP contribution >= 0.6 is 0 Å². The first-order valence-electron chi connectivity index (χ1n) is 18.2. The molecule has 1 aliphatic carbocycles. The van der Waals surface area contributed by atoms with Crippen molar-refractivity contribution in [1.82, 2.24) is 20.4 Å². The fourth-order valence-corrected chi connectivity index (χ4v) is 9.40. The van der Waals surface area contributed by atoms with Crippen LogP contribution in [0.3, 0.4) is 0 Å². The number of hydrogen-bond acceptors (Lipinski definition) is 7. The van der Waals surface area contributed by atoms with Crippen molar-refractivity contribution in [2.45, 2.75) is 90.8 Å². The number of halogens is 1. The van der Waals surface area contributed by atoms with Gasteiger partial charge in [-0.3, -0.25) is 34.2 Å². The zero-order valence-corrected chi connectivity index (χ0v) is 29.8. The smallest absolute Gasteiger partial charge is 0.262 e. The summed E-state index contributed by atoms with van der Waals surface area (Å²) >= 11 is 0. The first kappa shape index (κ1) is 34.9. The maximum atomic E-state index is 15.4. The molecule has 1 saturated carbocycles. The lowest BCUT2D eigenvalue weighted by Gasteiger charge is -2.57. The number of nitrogens with one attached hydrogen (secondary N) is 2. The van der Waals surface area contributed by atoms with Crippen molar-refractivity contribution in [2.75, 3.05) is 31.1 Å². The largest absolute Gasteiger partial charge is 0.369 e. The first-order chi connectivity index (χ1) is 24.2. The summed E-state index contributed by atoms with van der Waals surface area (Å²) in [5.41, 5.74) is 2.06. The first-order valence-corrected chi connectivity index (χ1v) is 18.2. The van der Waals surface area contributed by atoms with E-state index in [2.05, 4.69) is 55.1 Å². The average Bonchev–Trinajstić information content (AvgIpc) is 3.33. The van der Waals surface area contributed by atoms with Crippen LogP contribution in [0.15, 0.2) is 36.4 Å². The Hall–Kier alpha value is -4.56. The van der Waals surface area contributed by atoms with Crippen molar-refractivity contribution in [2.24, 2.45) is 16.7 Å². The third-order valence-electron chi connectivity index (χ3n) is 11.7. The summed E-state index contributed by atoms with van der Waals surface area (Å²) in [7, 11) is 0. The second kappa shape index (κ2) is 13.2. The van der Waals surface area contributed by atoms with E-state index in [-0.39, 0.29) is 52.4 Å². The summed E-state index contributed by atoms with van der Waals surface area (Å²) in [6, 6.07) is 9.54. The summed E-state index contributed by atoms with van der Waals surface area (Å²) in [6.07, 6.45) is 4.80. The van der Waals surface area contributed by atoms with Gasteiger partial charge in [0.15, 0.2) is 0 Å². The molecule has 1 unspecified atom stereocenters. The highest BCUT2D eigenvalue weighted by molar-refractivity contribution is 6.23. The third-order valence-corrected chi connectivity index (χ3v) is 11.7. The molecule has 4 aliphatic heterocycles. The number of rotatable bonds is 5. The van der Waals surface area contributed by atoms with Crippen molar-refractivity contribution in [1.29, 1.82) is 0 Å². The van der Waals surface area contributed by atoms with Gasteiger partial charge in [0, 0.05) is 48.6 Å². The van der Waals surface area contributed by atoms with E-state index < -0.39 is 35.5 Å². The minimum Gasteiger partial charge on any atom is -0.369 e. The van der Waals surface area contributed by atoms with Gasteiger partial charge in [-0.2, -0.15) is 0 Å². The van der Waals surface area contributed by atoms with Crippen molar-refractivity contribution in [3.8, 4) is 11.8 Å². The van der Waals surface area contributed by atoms with Gasteiger partial charge in [0.2, 0.25) is 11.8 Å². The average molecular weight is 696 g/mol. The molecule has 11 heteroatoms. The fourth-order valence-electron chi connectivity index (χ4n) is 9.40. The molecule has 0 aromatic heterocycles. The molecule has 4 fully saturated rings. The van der Waals surface area contributed by atoms with Crippen LogP contribution in [0.2, 0.25) is 0 Å². The summed E-state index contributed by atoms with van der Waals surface area (Å²) in [5, 5.41) is 5.43. The maximum Gasteiger partial charge on any atom is 0.262 e. The van der Waals surface area contributed by atoms with E-state index in [0.717, 1.165) is 61.7 Å². The molecule has 5 aliphatic rings. The molecule has 51 heavy (non-hydrogen) atoms. The Labute approximate surface area is 298 Å². The van der Waals surface area contributed by atoms with Gasteiger partial charge in [-0.15, -0.1) is 0 Å². The lowest BCUT2D eigenvalue weighted by atomic mass is 9.52. The van der Waals surface area contributed by atoms with Gasteiger partial charge >= 0.3 is 0 Å². The molecule has 1 atom stereocenters. The number of carbonyl (C=O) groups excluding carboxylic acids is 5. The molecule has 0 bridgehead atoms. The summed E-state index contributed by atoms with van der Waals surface area (Å²) in [5.74, 6) is 3.98. The molecule has 7 rings (SSSR count). The predicted octanol–water partition coefficient (Wildman–Crippen LogP) is 4.51. The Bertz CT molecular complexity index is 1830. The Morgan fingerprint density at radius 2 is 1.49 bits per heavy atom. The maximum absolute atomic E-state index is 15.4. The lowest BCUT2D eigenvalue weighted by molar-refractivity contribution is -0.136. The molecule has 10 nitrogen and oxygen atoms in total. The topological polar surface area (TPSA) is 119 Å². The molecule has 2 N–H and O–H groups in total. The number of anilines is 1. The van der Waals surface area contributed by atoms with Crippen molar-refractivity contribution in [3.05, 3.63) is 64.5 Å². The summed E-state index contributed by atoms with van der Waals surface area (Å²) in [6.45, 7) is 11.9. The van der Waals surface area contributed by atoms with E-state index in [1.807, 2.05) is 29.2 Å². The van der Waals surface area contributed by atoms with Gasteiger partial charge in [-0.05, 0) is 98.8 Å². The standard InChI is InChI=1S/C40H46FN5O5/c1-39(2)23-40(3,4)38(39)43-34(48)26-9-7-24(8-10-26)5-6-25-13-17-44(18-14-25)27-15-19-45(20-16-27)32-22-29-28(21-30(32)41)36(50)46(37(29)51)31-11-12-33(47)42-35(31)49/h7-10,21-22,25,27,31,38H,11-20,23H2,1-4H3,(H,43,48)(H,42,47,49). The van der Waals surface area contributed by atoms with Gasteiger partial charge in [-0.25, -0.2) is 4.39 Å². The second-order valence-corrected chi connectivity index (χ2v) is 16.2. The minimum atomic E-state index is -1.09. The van der Waals surface area contributed by atoms with E-state index in [1.165, 1.54) is 6.07 Å². The van der Waals surface area contributed by atoms with Crippen LogP contribution in [0.25, 0.3) is 0 Å². The predicted molar refractivity (Wildman–Crippen MR) is 189 cm³/mol. The Kier molecular flexibility index (Phi) is 9.03. The van der Waals surface area contributed by atoms with E-state index in [4.69, 9.17) is 0 Å². The highest BCUT2D eigenvalue weighted by atomic mass is 19.1. The number of hydrogen-bond donors (Lipinski definition) is 2. The quantitative estimate of drug-likeness (QED) is 0.349. The number of amides is 5. The van der Waals surface area contributed by atoms with E-state index >= 15 is 4.39 Å². The molecule has 268 valence electrons. The lowest BCUT2D eigenvalue weighted by Crippen LogP contribution is -2.63. The van der Waals surface area contributed by atoms with Crippen LogP contribution in [-0.2, 0) is 9.59 Å². The van der Waals surface area contributed by atoms with Gasteiger partial charge in [-0.1, -0.05) is 39.5 Å². The van der Waals surface area contributed by atoms with Crippen molar-refractivity contribution >= 4 is 35.2 Å². The van der Waals surface area contributed by atoms with Crippen LogP contribution in [0.4, 0.5) is 10.1 Å². The Balaban J connectivity index is 0.897. The number of likely N-dealkylation sites (tertiary alicyclic amines) is 1. The third kappa shape index (κ3) is 6.66. The number of benzene rings is 2. The molecular formula is C40H46FN5O5. The normalized spacial score (nSPS) is 24.1. The van der Waals surface area contributed by atoms with Gasteiger partial charge in [0.1, 0.15) is 11.9 Å². The zero-order chi connectivity index (χ0) is 36.2. The van der Waals surface area contributed by atoms with Gasteiger partial charge in [0.05, 0.1) is 16.8 Å². The molecular weight excluding hydrogens is 649 g/mol. The van der Waals surface area contributed by atoms with E-state index in [9.17, 15) is 24.0 Å². The van der Waals surface area contributed by atoms with Crippen molar-refractivity contribution in [3.63, 3.8) is 0 Å². The fraction of sp³-hybridized carbons (Fsp3) is 0.525. The number of carbonyl (C=O) groups is 5. The van der Waals surface area contributed by atoms with Crippen LogP contribution < -0.4 is 15.5 Å². The number of imide groups is 2. The van der Waals surface area contributed by atoms with E-state index in [1.54, 1.807) is 0 Å². The zero-order valence-electron chi connectivity index (χ0n) is 29.8. The van der Waals surface area contributed by atoms with Gasteiger partial charge < -0.3 is 15.1 Å². The van der Waals surface area contributed by atoms with Crippen LogP contribution in [0.1, 0.15) is 109 Å². The number of nitrogens with zero attached hydrogens (tertiary/aromatic N) is 3. The highest BCUT2D eigenvalue weighted by Gasteiger charge is 2.53. The van der Waals surface area contributed by atoms with Crippen LogP contribution in [0.5, 0.6) is 0 Å². The van der Waals surface area contributed by atoms with Crippen LogP contribution in [0, 0.1) is 34.4 Å². The highest BCUT2D eigenvalue weighted by Crippen LogP contribution is 2.53. The summed E-state index contributed by atoms with van der Waals surface area (Å²) < 4.78 is 15.4. The molecule has 3 saturated heterocycles. The van der Waals surface area contributed by atoms with E-state index in [0.29, 0.717) is 30.6 Å². The molecule has 4 heterocycles. The molecule has 5 amide bonds. The monoisotopic (exact) mass is 695 g/mol. The Morgan fingerprint density at radius 3 is 2.10 bits per heavy atom. The minimum absolute atomic E-state index is 0.0262. The van der Waals surface area contributed by atoms with Gasteiger partial charge in [0.25, 0.3) is 17.7 Å². The SMILES string of the molecule is CC1(C)CC(C)(C)C1NC(=O)c1ccc(C#CC2CCN(C3CCN(c4cc5c(cc4F)C(=O)N(C4CCC(=O)NC4=O)C5=O)CC3)CC2)cc1. The second-order valence-electron chi connectivity index (χ2n) is 16.2. The molecule has 0 spiro atoms. The van der Waals surface area contributed by atoms with Crippen molar-refractivity contribution < 1.29 is 28.4 Å². The van der Waals surface area contributed by atoms with Crippen LogP contribution in [-0.4, -0.2) is 83.6 Å². The number of fused-ring (bicyclic) bond motifs is 1. The molecule has 0 radical (unpaired) electrons. The Morgan fingerprint density at radius 1 is 0.863 bits per heavy atom. The summed E-state index contributed by atoms with van der Waals surface area (Å²) in [4.78, 5) is 68.6. The molecule has 2 aromatic carbocycles. The number of piperidine rings is 3. The molecule has 2 aromatic rings.